The number of pyridine rings is 1. The normalized spacial score (nSPS) is 11.9. The lowest BCUT2D eigenvalue weighted by Crippen LogP contribution is -2.31. The van der Waals surface area contributed by atoms with Crippen LogP contribution in [0.15, 0.2) is 53.3 Å². The van der Waals surface area contributed by atoms with E-state index in [9.17, 15) is 4.79 Å². The molecule has 0 fully saturated rings. The van der Waals surface area contributed by atoms with E-state index in [1.165, 1.54) is 0 Å². The summed E-state index contributed by atoms with van der Waals surface area (Å²) in [7, 11) is 1.65. The predicted octanol–water partition coefficient (Wildman–Crippen LogP) is 3.79. The monoisotopic (exact) mass is 446 g/mol. The number of aromatic amines is 1. The molecule has 8 heteroatoms. The lowest BCUT2D eigenvalue weighted by atomic mass is 10.1. The van der Waals surface area contributed by atoms with Gasteiger partial charge in [0.1, 0.15) is 5.75 Å². The summed E-state index contributed by atoms with van der Waals surface area (Å²) in [6.07, 6.45) is 0. The van der Waals surface area contributed by atoms with Crippen molar-refractivity contribution in [3.8, 4) is 5.75 Å². The maximum Gasteiger partial charge on any atom is 0.252 e. The summed E-state index contributed by atoms with van der Waals surface area (Å²) in [6, 6.07) is 16.0. The fourth-order valence-corrected chi connectivity index (χ4v) is 3.91. The summed E-state index contributed by atoms with van der Waals surface area (Å²) in [5.74, 6) is 1.56. The Kier molecular flexibility index (Phi) is 6.29. The Morgan fingerprint density at radius 1 is 1.03 bits per heavy atom. The van der Waals surface area contributed by atoms with Gasteiger partial charge in [-0.15, -0.1) is 5.10 Å². The number of ether oxygens (including phenoxy) is 1. The first-order chi connectivity index (χ1) is 15.7. The predicted molar refractivity (Wildman–Crippen MR) is 128 cm³/mol. The Morgan fingerprint density at radius 2 is 1.79 bits per heavy atom. The zero-order valence-electron chi connectivity index (χ0n) is 19.8. The molecule has 0 aliphatic carbocycles. The lowest BCUT2D eigenvalue weighted by molar-refractivity contribution is 0.223. The highest BCUT2D eigenvalue weighted by molar-refractivity contribution is 5.79. The first kappa shape index (κ1) is 22.7. The molecule has 0 aliphatic rings. The fourth-order valence-electron chi connectivity index (χ4n) is 3.91. The quantitative estimate of drug-likeness (QED) is 0.465. The molecule has 2 aromatic heterocycles. The highest BCUT2D eigenvalue weighted by Gasteiger charge is 2.22. The molecule has 0 aliphatic heterocycles. The molecular weight excluding hydrogens is 416 g/mol. The Balaban J connectivity index is 1.67. The van der Waals surface area contributed by atoms with Gasteiger partial charge < -0.3 is 9.72 Å². The Morgan fingerprint density at radius 3 is 2.48 bits per heavy atom. The van der Waals surface area contributed by atoms with Gasteiger partial charge in [0, 0.05) is 24.2 Å². The van der Waals surface area contributed by atoms with Gasteiger partial charge in [0.2, 0.25) is 0 Å². The highest BCUT2D eigenvalue weighted by Crippen LogP contribution is 2.20. The van der Waals surface area contributed by atoms with E-state index in [4.69, 9.17) is 4.74 Å². The number of tetrazole rings is 1. The minimum Gasteiger partial charge on any atom is -0.497 e. The molecule has 1 N–H and O–H groups in total. The largest absolute Gasteiger partial charge is 0.497 e. The average Bonchev–Trinajstić information content (AvgIpc) is 3.24. The Bertz CT molecular complexity index is 1300. The van der Waals surface area contributed by atoms with Crippen LogP contribution < -0.4 is 10.3 Å². The summed E-state index contributed by atoms with van der Waals surface area (Å²) >= 11 is 0. The second-order valence-electron chi connectivity index (χ2n) is 9.39. The van der Waals surface area contributed by atoms with Crippen LogP contribution in [0.5, 0.6) is 5.75 Å². The number of fused-ring (bicyclic) bond motifs is 1. The van der Waals surface area contributed by atoms with Crippen LogP contribution >= 0.6 is 0 Å². The molecule has 4 rings (SSSR count). The molecule has 0 spiro atoms. The molecule has 0 radical (unpaired) electrons. The minimum absolute atomic E-state index is 0.0819. The molecule has 0 bridgehead atoms. The van der Waals surface area contributed by atoms with Gasteiger partial charge >= 0.3 is 0 Å². The van der Waals surface area contributed by atoms with Crippen LogP contribution in [-0.4, -0.2) is 37.2 Å². The third-order valence-corrected chi connectivity index (χ3v) is 5.57. The maximum atomic E-state index is 12.9. The zero-order valence-corrected chi connectivity index (χ0v) is 19.8. The van der Waals surface area contributed by atoms with Crippen molar-refractivity contribution in [3.63, 3.8) is 0 Å². The van der Waals surface area contributed by atoms with E-state index in [1.54, 1.807) is 7.11 Å². The lowest BCUT2D eigenvalue weighted by Gasteiger charge is -2.25. The van der Waals surface area contributed by atoms with Crippen molar-refractivity contribution >= 4 is 10.9 Å². The third-order valence-electron chi connectivity index (χ3n) is 5.57. The molecule has 172 valence electrons. The third kappa shape index (κ3) is 5.28. The van der Waals surface area contributed by atoms with Gasteiger partial charge in [-0.3, -0.25) is 9.69 Å². The van der Waals surface area contributed by atoms with E-state index < -0.39 is 0 Å². The van der Waals surface area contributed by atoms with E-state index in [0.29, 0.717) is 25.2 Å². The molecule has 2 aromatic carbocycles. The van der Waals surface area contributed by atoms with Crippen molar-refractivity contribution in [1.82, 2.24) is 30.1 Å². The standard InChI is InChI=1S/C25H30N6O2/c1-17-6-11-22-19(12-17)13-20(24(32)26-22)15-30(14-18-7-9-21(33-5)10-8-18)16-23-27-28-29-31(23)25(2,3)4/h6-13H,14-16H2,1-5H3,(H,26,32). The smallest absolute Gasteiger partial charge is 0.252 e. The van der Waals surface area contributed by atoms with Gasteiger partial charge in [-0.05, 0) is 79.4 Å². The molecular formula is C25H30N6O2. The van der Waals surface area contributed by atoms with Crippen molar-refractivity contribution < 1.29 is 4.74 Å². The summed E-state index contributed by atoms with van der Waals surface area (Å²) in [6.45, 7) is 9.84. The molecule has 0 saturated carbocycles. The van der Waals surface area contributed by atoms with Crippen molar-refractivity contribution in [2.75, 3.05) is 7.11 Å². The summed E-state index contributed by atoms with van der Waals surface area (Å²) in [4.78, 5) is 18.1. The van der Waals surface area contributed by atoms with Crippen LogP contribution in [0.3, 0.4) is 0 Å². The SMILES string of the molecule is COc1ccc(CN(Cc2cc3cc(C)ccc3[nH]c2=O)Cc2nnnn2C(C)(C)C)cc1. The number of hydrogen-bond acceptors (Lipinski definition) is 6. The molecule has 33 heavy (non-hydrogen) atoms. The summed E-state index contributed by atoms with van der Waals surface area (Å²) < 4.78 is 7.12. The zero-order chi connectivity index (χ0) is 23.6. The van der Waals surface area contributed by atoms with Crippen LogP contribution in [0.1, 0.15) is 43.3 Å². The van der Waals surface area contributed by atoms with Gasteiger partial charge in [-0.2, -0.15) is 0 Å². The number of rotatable bonds is 7. The first-order valence-corrected chi connectivity index (χ1v) is 11.0. The minimum atomic E-state index is -0.247. The number of hydrogen-bond donors (Lipinski definition) is 1. The molecule has 0 unspecified atom stereocenters. The fraction of sp³-hybridized carbons (Fsp3) is 0.360. The van der Waals surface area contributed by atoms with E-state index in [2.05, 4.69) is 52.2 Å². The molecule has 4 aromatic rings. The van der Waals surface area contributed by atoms with Crippen LogP contribution in [0.2, 0.25) is 0 Å². The molecule has 0 amide bonds. The van der Waals surface area contributed by atoms with Gasteiger partial charge in [0.05, 0.1) is 19.2 Å². The number of aromatic nitrogens is 5. The van der Waals surface area contributed by atoms with E-state index in [1.807, 2.05) is 54.1 Å². The van der Waals surface area contributed by atoms with E-state index in [-0.39, 0.29) is 11.1 Å². The van der Waals surface area contributed by atoms with Crippen LogP contribution in [-0.2, 0) is 25.2 Å². The van der Waals surface area contributed by atoms with E-state index in [0.717, 1.165) is 33.6 Å². The number of methoxy groups -OCH3 is 1. The second kappa shape index (κ2) is 9.15. The number of nitrogens with zero attached hydrogens (tertiary/aromatic N) is 5. The Labute approximate surface area is 193 Å². The van der Waals surface area contributed by atoms with Gasteiger partial charge in [-0.25, -0.2) is 4.68 Å². The topological polar surface area (TPSA) is 88.9 Å². The first-order valence-electron chi connectivity index (χ1n) is 11.0. The van der Waals surface area contributed by atoms with Crippen molar-refractivity contribution in [2.24, 2.45) is 0 Å². The van der Waals surface area contributed by atoms with Crippen LogP contribution in [0.4, 0.5) is 0 Å². The van der Waals surface area contributed by atoms with Gasteiger partial charge in [0.15, 0.2) is 5.82 Å². The van der Waals surface area contributed by atoms with Crippen LogP contribution in [0.25, 0.3) is 10.9 Å². The highest BCUT2D eigenvalue weighted by atomic mass is 16.5. The number of nitrogens with one attached hydrogen (secondary N) is 1. The molecule has 0 saturated heterocycles. The van der Waals surface area contributed by atoms with Gasteiger partial charge in [-0.1, -0.05) is 23.8 Å². The number of aryl methyl sites for hydroxylation is 1. The van der Waals surface area contributed by atoms with Crippen molar-refractivity contribution in [3.05, 3.63) is 81.4 Å². The number of H-pyrrole nitrogens is 1. The maximum absolute atomic E-state index is 12.9. The van der Waals surface area contributed by atoms with Crippen molar-refractivity contribution in [1.29, 1.82) is 0 Å². The number of benzene rings is 2. The van der Waals surface area contributed by atoms with Crippen LogP contribution in [0, 0.1) is 6.92 Å². The van der Waals surface area contributed by atoms with Gasteiger partial charge in [0.25, 0.3) is 5.56 Å². The van der Waals surface area contributed by atoms with Crippen molar-refractivity contribution in [2.45, 2.75) is 52.9 Å². The molecule has 2 heterocycles. The average molecular weight is 447 g/mol. The molecule has 0 atom stereocenters. The molecule has 8 nitrogen and oxygen atoms in total. The Hall–Kier alpha value is -3.52. The second-order valence-corrected chi connectivity index (χ2v) is 9.39. The summed E-state index contributed by atoms with van der Waals surface area (Å²) in [5, 5.41) is 13.4. The summed E-state index contributed by atoms with van der Waals surface area (Å²) in [5.41, 5.74) is 3.48. The van der Waals surface area contributed by atoms with E-state index >= 15 is 0 Å².